The van der Waals surface area contributed by atoms with Crippen molar-refractivity contribution in [2.24, 2.45) is 5.73 Å². The van der Waals surface area contributed by atoms with E-state index < -0.39 is 6.10 Å². The van der Waals surface area contributed by atoms with Crippen molar-refractivity contribution in [3.05, 3.63) is 28.8 Å². The monoisotopic (exact) mass is 226 g/mol. The van der Waals surface area contributed by atoms with Crippen LogP contribution in [0.25, 0.3) is 0 Å². The van der Waals surface area contributed by atoms with E-state index in [2.05, 4.69) is 4.90 Å². The first kappa shape index (κ1) is 10.7. The van der Waals surface area contributed by atoms with Gasteiger partial charge < -0.3 is 15.7 Å². The van der Waals surface area contributed by atoms with Crippen LogP contribution in [0.3, 0.4) is 0 Å². The van der Waals surface area contributed by atoms with E-state index in [1.807, 2.05) is 25.2 Å². The molecule has 1 aromatic rings. The Morgan fingerprint density at radius 3 is 3.07 bits per heavy atom. The number of likely N-dealkylation sites (N-methyl/N-ethyl adjacent to an activating group) is 1. The van der Waals surface area contributed by atoms with Crippen LogP contribution in [0.1, 0.15) is 11.5 Å². The molecule has 0 saturated heterocycles. The van der Waals surface area contributed by atoms with E-state index in [9.17, 15) is 5.11 Å². The summed E-state index contributed by atoms with van der Waals surface area (Å²) in [4.78, 5) is 2.12. The average Bonchev–Trinajstić information content (AvgIpc) is 2.54. The summed E-state index contributed by atoms with van der Waals surface area (Å²) in [5, 5.41) is 10.5. The van der Waals surface area contributed by atoms with Crippen LogP contribution in [-0.2, 0) is 0 Å². The van der Waals surface area contributed by atoms with Crippen molar-refractivity contribution >= 4 is 17.3 Å². The molecular weight excluding hydrogens is 212 g/mol. The normalized spacial score (nSPS) is 21.6. The van der Waals surface area contributed by atoms with Crippen LogP contribution < -0.4 is 10.6 Å². The first-order chi connectivity index (χ1) is 7.13. The lowest BCUT2D eigenvalue weighted by Crippen LogP contribution is -2.30. The number of benzene rings is 1. The third-order valence-corrected chi connectivity index (χ3v) is 3.21. The van der Waals surface area contributed by atoms with Crippen molar-refractivity contribution < 1.29 is 5.11 Å². The van der Waals surface area contributed by atoms with Gasteiger partial charge in [-0.25, -0.2) is 0 Å². The number of anilines is 1. The van der Waals surface area contributed by atoms with Crippen LogP contribution in [0.5, 0.6) is 0 Å². The first-order valence-electron chi connectivity index (χ1n) is 5.02. The number of nitrogens with zero attached hydrogens (tertiary/aromatic N) is 1. The van der Waals surface area contributed by atoms with Gasteiger partial charge in [-0.1, -0.05) is 11.6 Å². The fourth-order valence-electron chi connectivity index (χ4n) is 2.15. The highest BCUT2D eigenvalue weighted by Gasteiger charge is 2.31. The smallest absolute Gasteiger partial charge is 0.0748 e. The van der Waals surface area contributed by atoms with Crippen molar-refractivity contribution in [1.29, 1.82) is 0 Å². The lowest BCUT2D eigenvalue weighted by atomic mass is 9.95. The zero-order chi connectivity index (χ0) is 11.0. The standard InChI is InChI=1S/C11H15ClN2O/c1-14-6-9(11(15)5-13)8-4-7(12)2-3-10(8)14/h2-4,9,11,15H,5-6,13H2,1H3. The second kappa shape index (κ2) is 4.00. The summed E-state index contributed by atoms with van der Waals surface area (Å²) in [5.41, 5.74) is 7.73. The molecule has 2 atom stereocenters. The van der Waals surface area contributed by atoms with Gasteiger partial charge in [0, 0.05) is 36.8 Å². The van der Waals surface area contributed by atoms with Gasteiger partial charge in [-0.2, -0.15) is 0 Å². The predicted molar refractivity (Wildman–Crippen MR) is 62.5 cm³/mol. The molecule has 0 aromatic heterocycles. The Hall–Kier alpha value is -0.770. The molecule has 3 nitrogen and oxygen atoms in total. The van der Waals surface area contributed by atoms with E-state index in [4.69, 9.17) is 17.3 Å². The van der Waals surface area contributed by atoms with Crippen LogP contribution in [0.2, 0.25) is 5.02 Å². The molecular formula is C11H15ClN2O. The Bertz CT molecular complexity index is 370. The van der Waals surface area contributed by atoms with Crippen LogP contribution >= 0.6 is 11.6 Å². The Labute approximate surface area is 94.4 Å². The molecule has 15 heavy (non-hydrogen) atoms. The Morgan fingerprint density at radius 1 is 1.67 bits per heavy atom. The molecule has 2 unspecified atom stereocenters. The highest BCUT2D eigenvalue weighted by atomic mass is 35.5. The van der Waals surface area contributed by atoms with Crippen molar-refractivity contribution in [1.82, 2.24) is 0 Å². The van der Waals surface area contributed by atoms with E-state index in [0.29, 0.717) is 5.02 Å². The highest BCUT2D eigenvalue weighted by Crippen LogP contribution is 2.38. The van der Waals surface area contributed by atoms with Crippen molar-refractivity contribution in [2.75, 3.05) is 25.0 Å². The fourth-order valence-corrected chi connectivity index (χ4v) is 2.34. The molecule has 0 spiro atoms. The predicted octanol–water partition coefficient (Wildman–Crippen LogP) is 1.19. The van der Waals surface area contributed by atoms with Crippen molar-refractivity contribution in [3.63, 3.8) is 0 Å². The maximum absolute atomic E-state index is 9.82. The molecule has 1 heterocycles. The third-order valence-electron chi connectivity index (χ3n) is 2.98. The molecule has 1 aromatic carbocycles. The van der Waals surface area contributed by atoms with Gasteiger partial charge in [0.1, 0.15) is 0 Å². The zero-order valence-corrected chi connectivity index (χ0v) is 9.41. The lowest BCUT2D eigenvalue weighted by Gasteiger charge is -2.17. The van der Waals surface area contributed by atoms with E-state index in [1.165, 1.54) is 0 Å². The minimum Gasteiger partial charge on any atom is -0.391 e. The van der Waals surface area contributed by atoms with Gasteiger partial charge in [0.2, 0.25) is 0 Å². The Balaban J connectivity index is 2.39. The molecule has 4 heteroatoms. The quantitative estimate of drug-likeness (QED) is 0.797. The van der Waals surface area contributed by atoms with E-state index in [0.717, 1.165) is 17.8 Å². The Kier molecular flexibility index (Phi) is 2.87. The maximum Gasteiger partial charge on any atom is 0.0748 e. The van der Waals surface area contributed by atoms with Gasteiger partial charge in [0.05, 0.1) is 6.10 Å². The highest BCUT2D eigenvalue weighted by molar-refractivity contribution is 6.30. The minimum absolute atomic E-state index is 0.0775. The molecule has 0 aliphatic carbocycles. The number of halogens is 1. The van der Waals surface area contributed by atoms with Crippen LogP contribution in [0.4, 0.5) is 5.69 Å². The van der Waals surface area contributed by atoms with Gasteiger partial charge in [-0.3, -0.25) is 0 Å². The number of aliphatic hydroxyl groups excluding tert-OH is 1. The Morgan fingerprint density at radius 2 is 2.40 bits per heavy atom. The minimum atomic E-state index is -0.493. The molecule has 1 aliphatic heterocycles. The molecule has 0 radical (unpaired) electrons. The number of hydrogen-bond acceptors (Lipinski definition) is 3. The van der Waals surface area contributed by atoms with Gasteiger partial charge in [-0.05, 0) is 23.8 Å². The van der Waals surface area contributed by atoms with Crippen molar-refractivity contribution in [2.45, 2.75) is 12.0 Å². The lowest BCUT2D eigenvalue weighted by molar-refractivity contribution is 0.156. The third kappa shape index (κ3) is 1.83. The van der Waals surface area contributed by atoms with Gasteiger partial charge in [0.15, 0.2) is 0 Å². The summed E-state index contributed by atoms with van der Waals surface area (Å²) in [6.45, 7) is 1.08. The number of aliphatic hydroxyl groups is 1. The SMILES string of the molecule is CN1CC(C(O)CN)c2cc(Cl)ccc21. The van der Waals surface area contributed by atoms with E-state index >= 15 is 0 Å². The summed E-state index contributed by atoms with van der Waals surface area (Å²) in [5.74, 6) is 0.0775. The van der Waals surface area contributed by atoms with Crippen molar-refractivity contribution in [3.8, 4) is 0 Å². The average molecular weight is 227 g/mol. The topological polar surface area (TPSA) is 49.5 Å². The maximum atomic E-state index is 9.82. The largest absolute Gasteiger partial charge is 0.391 e. The molecule has 3 N–H and O–H groups in total. The number of fused-ring (bicyclic) bond motifs is 1. The molecule has 0 fully saturated rings. The molecule has 1 aliphatic rings. The van der Waals surface area contributed by atoms with Gasteiger partial charge >= 0.3 is 0 Å². The molecule has 0 saturated carbocycles. The molecule has 2 rings (SSSR count). The number of hydrogen-bond donors (Lipinski definition) is 2. The summed E-state index contributed by atoms with van der Waals surface area (Å²) in [7, 11) is 2.01. The number of rotatable bonds is 2. The summed E-state index contributed by atoms with van der Waals surface area (Å²) in [6, 6.07) is 5.78. The fraction of sp³-hybridized carbons (Fsp3) is 0.455. The summed E-state index contributed by atoms with van der Waals surface area (Å²) in [6.07, 6.45) is -0.493. The summed E-state index contributed by atoms with van der Waals surface area (Å²) >= 11 is 5.95. The van der Waals surface area contributed by atoms with Gasteiger partial charge in [-0.15, -0.1) is 0 Å². The van der Waals surface area contributed by atoms with E-state index in [-0.39, 0.29) is 12.5 Å². The van der Waals surface area contributed by atoms with Gasteiger partial charge in [0.25, 0.3) is 0 Å². The zero-order valence-electron chi connectivity index (χ0n) is 8.65. The first-order valence-corrected chi connectivity index (χ1v) is 5.40. The van der Waals surface area contributed by atoms with Crippen LogP contribution in [0.15, 0.2) is 18.2 Å². The van der Waals surface area contributed by atoms with Crippen LogP contribution in [0, 0.1) is 0 Å². The molecule has 82 valence electrons. The van der Waals surface area contributed by atoms with Crippen LogP contribution in [-0.4, -0.2) is 31.3 Å². The summed E-state index contributed by atoms with van der Waals surface area (Å²) < 4.78 is 0. The second-order valence-corrected chi connectivity index (χ2v) is 4.43. The molecule has 0 bridgehead atoms. The molecule has 0 amide bonds. The number of nitrogens with two attached hydrogens (primary N) is 1. The van der Waals surface area contributed by atoms with E-state index in [1.54, 1.807) is 0 Å². The second-order valence-electron chi connectivity index (χ2n) is 3.99.